The van der Waals surface area contributed by atoms with Crippen LogP contribution >= 0.6 is 0 Å². The first-order valence-corrected chi connectivity index (χ1v) is 6.39. The van der Waals surface area contributed by atoms with E-state index in [9.17, 15) is 5.11 Å². The summed E-state index contributed by atoms with van der Waals surface area (Å²) in [5.41, 5.74) is 3.36. The highest BCUT2D eigenvalue weighted by Gasteiger charge is 2.11. The van der Waals surface area contributed by atoms with E-state index in [4.69, 9.17) is 10.00 Å². The van der Waals surface area contributed by atoms with E-state index in [-0.39, 0.29) is 6.61 Å². The van der Waals surface area contributed by atoms with Gasteiger partial charge in [-0.25, -0.2) is 0 Å². The summed E-state index contributed by atoms with van der Waals surface area (Å²) in [6.07, 6.45) is -0.599. The second-order valence-corrected chi connectivity index (χ2v) is 4.97. The van der Waals surface area contributed by atoms with Crippen LogP contribution in [0.3, 0.4) is 0 Å². The van der Waals surface area contributed by atoms with Crippen LogP contribution in [-0.2, 0) is 0 Å². The number of aliphatic hydroxyl groups excluding tert-OH is 1. The molecule has 1 rings (SSSR count). The molecule has 1 aromatic carbocycles. The fourth-order valence-corrected chi connectivity index (χ4v) is 1.92. The van der Waals surface area contributed by atoms with Crippen molar-refractivity contribution in [2.45, 2.75) is 26.9 Å². The van der Waals surface area contributed by atoms with Crippen LogP contribution < -0.4 is 4.74 Å². The van der Waals surface area contributed by atoms with Crippen LogP contribution in [0.15, 0.2) is 12.1 Å². The Hall–Kier alpha value is -1.57. The van der Waals surface area contributed by atoms with E-state index in [1.807, 2.05) is 32.9 Å². The molecular formula is C15H22N2O2. The van der Waals surface area contributed by atoms with E-state index in [0.29, 0.717) is 13.1 Å². The molecule has 1 unspecified atom stereocenters. The van der Waals surface area contributed by atoms with Crippen LogP contribution in [0.2, 0.25) is 0 Å². The largest absolute Gasteiger partial charge is 0.490 e. The molecule has 0 saturated heterocycles. The SMILES string of the molecule is Cc1ccc(C)c(OCC(O)CN(C)CC#N)c1C. The summed E-state index contributed by atoms with van der Waals surface area (Å²) in [7, 11) is 1.80. The molecule has 4 nitrogen and oxygen atoms in total. The van der Waals surface area contributed by atoms with Crippen molar-refractivity contribution in [2.75, 3.05) is 26.7 Å². The van der Waals surface area contributed by atoms with Crippen molar-refractivity contribution >= 4 is 0 Å². The highest BCUT2D eigenvalue weighted by molar-refractivity contribution is 5.44. The van der Waals surface area contributed by atoms with Crippen molar-refractivity contribution in [1.29, 1.82) is 5.26 Å². The lowest BCUT2D eigenvalue weighted by Gasteiger charge is -2.20. The van der Waals surface area contributed by atoms with Crippen molar-refractivity contribution in [3.05, 3.63) is 28.8 Å². The zero-order valence-electron chi connectivity index (χ0n) is 12.1. The van der Waals surface area contributed by atoms with Gasteiger partial charge in [-0.05, 0) is 44.5 Å². The normalized spacial score (nSPS) is 12.3. The van der Waals surface area contributed by atoms with Gasteiger partial charge in [-0.15, -0.1) is 0 Å². The van der Waals surface area contributed by atoms with Crippen molar-refractivity contribution in [2.24, 2.45) is 0 Å². The van der Waals surface area contributed by atoms with Crippen LogP contribution in [-0.4, -0.2) is 42.9 Å². The van der Waals surface area contributed by atoms with Gasteiger partial charge in [-0.2, -0.15) is 5.26 Å². The summed E-state index contributed by atoms with van der Waals surface area (Å²) >= 11 is 0. The highest BCUT2D eigenvalue weighted by Crippen LogP contribution is 2.25. The number of aryl methyl sites for hydroxylation is 2. The van der Waals surface area contributed by atoms with Crippen LogP contribution in [0.25, 0.3) is 0 Å². The summed E-state index contributed by atoms with van der Waals surface area (Å²) in [5, 5.41) is 18.4. The Kier molecular flexibility index (Phi) is 5.81. The lowest BCUT2D eigenvalue weighted by atomic mass is 10.1. The molecule has 0 saturated carbocycles. The number of hydrogen-bond acceptors (Lipinski definition) is 4. The molecule has 0 aliphatic heterocycles. The molecule has 1 atom stereocenters. The molecule has 0 aromatic heterocycles. The molecule has 1 N–H and O–H groups in total. The van der Waals surface area contributed by atoms with Gasteiger partial charge in [-0.3, -0.25) is 4.90 Å². The molecule has 0 fully saturated rings. The van der Waals surface area contributed by atoms with E-state index >= 15 is 0 Å². The molecule has 0 heterocycles. The topological polar surface area (TPSA) is 56.5 Å². The number of aliphatic hydroxyl groups is 1. The third-order valence-electron chi connectivity index (χ3n) is 3.16. The molecule has 0 aliphatic carbocycles. The Morgan fingerprint density at radius 3 is 2.58 bits per heavy atom. The molecule has 0 spiro atoms. The molecule has 19 heavy (non-hydrogen) atoms. The standard InChI is InChI=1S/C15H22N2O2/c1-11-5-6-12(2)15(13(11)3)19-10-14(18)9-17(4)8-7-16/h5-6,14,18H,8-10H2,1-4H3. The second-order valence-electron chi connectivity index (χ2n) is 4.97. The lowest BCUT2D eigenvalue weighted by molar-refractivity contribution is 0.0793. The van der Waals surface area contributed by atoms with Gasteiger partial charge in [-0.1, -0.05) is 12.1 Å². The maximum atomic E-state index is 9.88. The first-order valence-electron chi connectivity index (χ1n) is 6.39. The maximum absolute atomic E-state index is 9.88. The van der Waals surface area contributed by atoms with E-state index < -0.39 is 6.10 Å². The second kappa shape index (κ2) is 7.13. The number of likely N-dealkylation sites (N-methyl/N-ethyl adjacent to an activating group) is 1. The summed E-state index contributed by atoms with van der Waals surface area (Å²) < 4.78 is 5.73. The Labute approximate surface area is 115 Å². The Balaban J connectivity index is 2.58. The van der Waals surface area contributed by atoms with Gasteiger partial charge in [0.2, 0.25) is 0 Å². The first-order chi connectivity index (χ1) is 8.95. The minimum Gasteiger partial charge on any atom is -0.490 e. The summed E-state index contributed by atoms with van der Waals surface area (Å²) in [5.74, 6) is 0.849. The minimum absolute atomic E-state index is 0.237. The van der Waals surface area contributed by atoms with E-state index in [1.165, 1.54) is 5.56 Å². The molecule has 0 aliphatic rings. The first kappa shape index (κ1) is 15.5. The van der Waals surface area contributed by atoms with Crippen LogP contribution in [0.5, 0.6) is 5.75 Å². The molecule has 0 radical (unpaired) electrons. The van der Waals surface area contributed by atoms with Crippen LogP contribution in [0.4, 0.5) is 0 Å². The van der Waals surface area contributed by atoms with Gasteiger partial charge < -0.3 is 9.84 Å². The van der Waals surface area contributed by atoms with Crippen molar-refractivity contribution in [3.63, 3.8) is 0 Å². The molecule has 4 heteroatoms. The average molecular weight is 262 g/mol. The van der Waals surface area contributed by atoms with Crippen LogP contribution in [0, 0.1) is 32.1 Å². The average Bonchev–Trinajstić information content (AvgIpc) is 2.34. The summed E-state index contributed by atoms with van der Waals surface area (Å²) in [6, 6.07) is 6.13. The van der Waals surface area contributed by atoms with E-state index in [0.717, 1.165) is 16.9 Å². The minimum atomic E-state index is -0.599. The fourth-order valence-electron chi connectivity index (χ4n) is 1.92. The summed E-state index contributed by atoms with van der Waals surface area (Å²) in [6.45, 7) is 7.03. The smallest absolute Gasteiger partial charge is 0.125 e. The highest BCUT2D eigenvalue weighted by atomic mass is 16.5. The maximum Gasteiger partial charge on any atom is 0.125 e. The Bertz CT molecular complexity index is 466. The van der Waals surface area contributed by atoms with Gasteiger partial charge in [0.25, 0.3) is 0 Å². The number of nitrogens with zero attached hydrogens (tertiary/aromatic N) is 2. The number of ether oxygens (including phenoxy) is 1. The van der Waals surface area contributed by atoms with Gasteiger partial charge in [0.05, 0.1) is 12.6 Å². The van der Waals surface area contributed by atoms with Gasteiger partial charge in [0.1, 0.15) is 18.5 Å². The lowest BCUT2D eigenvalue weighted by Crippen LogP contribution is -2.33. The number of rotatable bonds is 6. The predicted molar refractivity (Wildman–Crippen MR) is 75.3 cm³/mol. The molecule has 1 aromatic rings. The fraction of sp³-hybridized carbons (Fsp3) is 0.533. The van der Waals surface area contributed by atoms with Crippen molar-refractivity contribution in [3.8, 4) is 11.8 Å². The van der Waals surface area contributed by atoms with Gasteiger partial charge in [0, 0.05) is 6.54 Å². The Morgan fingerprint density at radius 2 is 1.95 bits per heavy atom. The molecular weight excluding hydrogens is 240 g/mol. The third kappa shape index (κ3) is 4.55. The predicted octanol–water partition coefficient (Wildman–Crippen LogP) is 1.81. The zero-order chi connectivity index (χ0) is 14.4. The number of hydrogen-bond donors (Lipinski definition) is 1. The van der Waals surface area contributed by atoms with Crippen molar-refractivity contribution in [1.82, 2.24) is 4.90 Å². The monoisotopic (exact) mass is 262 g/mol. The Morgan fingerprint density at radius 1 is 1.32 bits per heavy atom. The van der Waals surface area contributed by atoms with Gasteiger partial charge in [0.15, 0.2) is 0 Å². The van der Waals surface area contributed by atoms with E-state index in [1.54, 1.807) is 11.9 Å². The number of benzene rings is 1. The zero-order valence-corrected chi connectivity index (χ0v) is 12.1. The van der Waals surface area contributed by atoms with Crippen LogP contribution in [0.1, 0.15) is 16.7 Å². The van der Waals surface area contributed by atoms with E-state index in [2.05, 4.69) is 6.07 Å². The third-order valence-corrected chi connectivity index (χ3v) is 3.16. The summed E-state index contributed by atoms with van der Waals surface area (Å²) in [4.78, 5) is 1.77. The molecule has 104 valence electrons. The van der Waals surface area contributed by atoms with Gasteiger partial charge >= 0.3 is 0 Å². The number of nitriles is 1. The van der Waals surface area contributed by atoms with Crippen molar-refractivity contribution < 1.29 is 9.84 Å². The molecule has 0 amide bonds. The quantitative estimate of drug-likeness (QED) is 0.794. The molecule has 0 bridgehead atoms.